The van der Waals surface area contributed by atoms with Crippen LogP contribution in [0.1, 0.15) is 19.8 Å². The molecule has 1 unspecified atom stereocenters. The molecule has 0 aromatic carbocycles. The molecule has 5 N–H and O–H groups in total. The molecule has 1 atom stereocenters. The number of carbonyl (C=O) groups is 1. The van der Waals surface area contributed by atoms with Crippen molar-refractivity contribution in [2.24, 2.45) is 5.73 Å². The summed E-state index contributed by atoms with van der Waals surface area (Å²) in [5, 5.41) is 12.2. The molecule has 1 amide bonds. The van der Waals surface area contributed by atoms with Crippen LogP contribution in [-0.4, -0.2) is 39.5 Å². The molecule has 9 heteroatoms. The number of rotatable bonds is 5. The molecule has 0 aliphatic rings. The maximum absolute atomic E-state index is 11.2. The van der Waals surface area contributed by atoms with E-state index in [1.165, 1.54) is 13.3 Å². The molecule has 2 rings (SSSR count). The average Bonchev–Trinajstić information content (AvgIpc) is 2.87. The summed E-state index contributed by atoms with van der Waals surface area (Å²) in [6, 6.07) is 0. The Morgan fingerprint density at radius 1 is 1.55 bits per heavy atom. The molecule has 108 valence electrons. The number of methoxy groups -OCH3 is 1. The molecular weight excluding hydrogens is 262 g/mol. The number of nitrogens with one attached hydrogen (secondary N) is 3. The van der Waals surface area contributed by atoms with Gasteiger partial charge in [-0.25, -0.2) is 9.78 Å². The molecule has 2 aromatic rings. The summed E-state index contributed by atoms with van der Waals surface area (Å²) in [5.41, 5.74) is 7.13. The van der Waals surface area contributed by atoms with E-state index in [4.69, 9.17) is 5.73 Å². The number of nitrogens with zero attached hydrogens (tertiary/aromatic N) is 3. The third-order valence-corrected chi connectivity index (χ3v) is 2.62. The summed E-state index contributed by atoms with van der Waals surface area (Å²) in [6.07, 6.45) is 2.39. The highest BCUT2D eigenvalue weighted by atomic mass is 16.5. The van der Waals surface area contributed by atoms with Crippen molar-refractivity contribution in [2.75, 3.05) is 17.7 Å². The van der Waals surface area contributed by atoms with Gasteiger partial charge in [0.1, 0.15) is 11.0 Å². The van der Waals surface area contributed by atoms with Crippen LogP contribution in [0.4, 0.5) is 16.6 Å². The van der Waals surface area contributed by atoms with Gasteiger partial charge in [-0.05, 0) is 6.42 Å². The number of anilines is 2. The minimum Gasteiger partial charge on any atom is -0.453 e. The van der Waals surface area contributed by atoms with E-state index >= 15 is 0 Å². The summed E-state index contributed by atoms with van der Waals surface area (Å²) in [6.45, 7) is 2.04. The first-order chi connectivity index (χ1) is 9.63. The lowest BCUT2D eigenvalue weighted by molar-refractivity contribution is 0.186. The molecule has 0 spiro atoms. The second kappa shape index (κ2) is 6.15. The zero-order valence-corrected chi connectivity index (χ0v) is 11.3. The van der Waals surface area contributed by atoms with Crippen molar-refractivity contribution in [1.29, 1.82) is 0 Å². The van der Waals surface area contributed by atoms with Crippen molar-refractivity contribution in [3.63, 3.8) is 0 Å². The number of carbonyl (C=O) groups excluding carboxylic acids is 1. The van der Waals surface area contributed by atoms with E-state index < -0.39 is 6.09 Å². The Morgan fingerprint density at radius 3 is 3.05 bits per heavy atom. The van der Waals surface area contributed by atoms with Crippen molar-refractivity contribution in [2.45, 2.75) is 25.9 Å². The van der Waals surface area contributed by atoms with Crippen molar-refractivity contribution in [3.8, 4) is 0 Å². The number of fused-ring (bicyclic) bond motifs is 1. The predicted octanol–water partition coefficient (Wildman–Crippen LogP) is 1.03. The monoisotopic (exact) mass is 279 g/mol. The van der Waals surface area contributed by atoms with Gasteiger partial charge < -0.3 is 15.8 Å². The lowest BCUT2D eigenvalue weighted by Crippen LogP contribution is -2.30. The van der Waals surface area contributed by atoms with E-state index in [-0.39, 0.29) is 12.1 Å². The van der Waals surface area contributed by atoms with Crippen LogP contribution in [0.5, 0.6) is 0 Å². The average molecular weight is 279 g/mol. The summed E-state index contributed by atoms with van der Waals surface area (Å²) < 4.78 is 4.51. The number of nitrogens with two attached hydrogens (primary N) is 1. The number of H-pyrrole nitrogens is 1. The third kappa shape index (κ3) is 3.12. The Morgan fingerprint density at radius 2 is 2.35 bits per heavy atom. The normalized spacial score (nSPS) is 12.2. The number of amides is 1. The third-order valence-electron chi connectivity index (χ3n) is 2.62. The summed E-state index contributed by atoms with van der Waals surface area (Å²) in [5.74, 6) is 0.608. The van der Waals surface area contributed by atoms with Crippen molar-refractivity contribution in [1.82, 2.24) is 20.2 Å². The Hall–Kier alpha value is -2.42. The SMILES string of the molecule is CCCC(N)Nc1nc(NC(=O)OC)nc2cn[nH]c12. The maximum Gasteiger partial charge on any atom is 0.413 e. The van der Waals surface area contributed by atoms with E-state index in [1.807, 2.05) is 6.92 Å². The highest BCUT2D eigenvalue weighted by molar-refractivity contribution is 5.89. The molecule has 2 aromatic heterocycles. The zero-order valence-electron chi connectivity index (χ0n) is 11.3. The number of aromatic amines is 1. The minimum absolute atomic E-state index is 0.122. The Bertz CT molecular complexity index is 597. The second-order valence-electron chi connectivity index (χ2n) is 4.18. The van der Waals surface area contributed by atoms with Crippen LogP contribution < -0.4 is 16.4 Å². The number of hydrogen-bond acceptors (Lipinski definition) is 7. The Kier molecular flexibility index (Phi) is 4.31. The molecule has 0 saturated carbocycles. The minimum atomic E-state index is -0.642. The van der Waals surface area contributed by atoms with Gasteiger partial charge in [0, 0.05) is 0 Å². The van der Waals surface area contributed by atoms with Gasteiger partial charge in [-0.2, -0.15) is 10.1 Å². The smallest absolute Gasteiger partial charge is 0.413 e. The first-order valence-corrected chi connectivity index (χ1v) is 6.22. The highest BCUT2D eigenvalue weighted by Gasteiger charge is 2.13. The van der Waals surface area contributed by atoms with E-state index in [1.54, 1.807) is 0 Å². The molecular formula is C11H17N7O2. The first-order valence-electron chi connectivity index (χ1n) is 6.22. The van der Waals surface area contributed by atoms with Gasteiger partial charge in [0.15, 0.2) is 5.82 Å². The van der Waals surface area contributed by atoms with Crippen molar-refractivity contribution in [3.05, 3.63) is 6.20 Å². The van der Waals surface area contributed by atoms with Crippen LogP contribution in [0.25, 0.3) is 11.0 Å². The number of aromatic nitrogens is 4. The van der Waals surface area contributed by atoms with Crippen molar-refractivity contribution < 1.29 is 9.53 Å². The fraction of sp³-hybridized carbons (Fsp3) is 0.455. The number of hydrogen-bond donors (Lipinski definition) is 4. The molecule has 9 nitrogen and oxygen atoms in total. The fourth-order valence-corrected chi connectivity index (χ4v) is 1.70. The lowest BCUT2D eigenvalue weighted by atomic mass is 10.3. The molecule has 0 radical (unpaired) electrons. The van der Waals surface area contributed by atoms with E-state index in [9.17, 15) is 4.79 Å². The molecule has 0 aliphatic heterocycles. The van der Waals surface area contributed by atoms with Crippen LogP contribution in [0.2, 0.25) is 0 Å². The van der Waals surface area contributed by atoms with E-state index in [2.05, 4.69) is 35.5 Å². The van der Waals surface area contributed by atoms with Crippen LogP contribution in [0.15, 0.2) is 6.20 Å². The van der Waals surface area contributed by atoms with Gasteiger partial charge in [-0.3, -0.25) is 10.4 Å². The van der Waals surface area contributed by atoms with Gasteiger partial charge >= 0.3 is 6.09 Å². The predicted molar refractivity (Wildman–Crippen MR) is 74.2 cm³/mol. The second-order valence-corrected chi connectivity index (χ2v) is 4.18. The molecule has 0 saturated heterocycles. The standard InChI is InChI=1S/C11H17N7O2/c1-3-4-7(12)15-9-8-6(5-13-18-8)14-10(16-9)17-11(19)20-2/h5,7H,3-4,12H2,1-2H3,(H,13,18)(H2,14,15,16,17,19). The molecule has 0 aliphatic carbocycles. The highest BCUT2D eigenvalue weighted by Crippen LogP contribution is 2.20. The van der Waals surface area contributed by atoms with Gasteiger partial charge in [0.2, 0.25) is 5.95 Å². The summed E-state index contributed by atoms with van der Waals surface area (Å²) in [4.78, 5) is 19.5. The Labute approximate surface area is 115 Å². The first kappa shape index (κ1) is 14.0. The molecule has 0 fully saturated rings. The quantitative estimate of drug-likeness (QED) is 0.601. The van der Waals surface area contributed by atoms with Crippen molar-refractivity contribution >= 4 is 28.9 Å². The van der Waals surface area contributed by atoms with Crippen LogP contribution in [-0.2, 0) is 4.74 Å². The van der Waals surface area contributed by atoms with Gasteiger partial charge in [0.05, 0.1) is 19.5 Å². The molecule has 2 heterocycles. The summed E-state index contributed by atoms with van der Waals surface area (Å²) in [7, 11) is 1.27. The van der Waals surface area contributed by atoms with Gasteiger partial charge in [0.25, 0.3) is 0 Å². The van der Waals surface area contributed by atoms with Crippen LogP contribution >= 0.6 is 0 Å². The summed E-state index contributed by atoms with van der Waals surface area (Å²) >= 11 is 0. The Balaban J connectivity index is 2.30. The van der Waals surface area contributed by atoms with Crippen LogP contribution in [0, 0.1) is 0 Å². The zero-order chi connectivity index (χ0) is 14.5. The maximum atomic E-state index is 11.2. The van der Waals surface area contributed by atoms with Gasteiger partial charge in [-0.1, -0.05) is 13.3 Å². The lowest BCUT2D eigenvalue weighted by Gasteiger charge is -2.14. The molecule has 0 bridgehead atoms. The van der Waals surface area contributed by atoms with Crippen LogP contribution in [0.3, 0.4) is 0 Å². The molecule has 20 heavy (non-hydrogen) atoms. The largest absolute Gasteiger partial charge is 0.453 e. The fourth-order valence-electron chi connectivity index (χ4n) is 1.70. The van der Waals surface area contributed by atoms with E-state index in [0.29, 0.717) is 16.9 Å². The van der Waals surface area contributed by atoms with E-state index in [0.717, 1.165) is 12.8 Å². The topological polar surface area (TPSA) is 131 Å². The number of ether oxygens (including phenoxy) is 1. The van der Waals surface area contributed by atoms with Gasteiger partial charge in [-0.15, -0.1) is 0 Å².